The molecular weight excluding hydrogens is 424 g/mol. The van der Waals surface area contributed by atoms with Crippen LogP contribution in [0, 0.1) is 0 Å². The molecule has 0 amide bonds. The Labute approximate surface area is 198 Å². The summed E-state index contributed by atoms with van der Waals surface area (Å²) in [4.78, 5) is 4.40. The van der Waals surface area contributed by atoms with Crippen molar-refractivity contribution in [2.45, 2.75) is 40.2 Å². The number of aliphatic hydroxyl groups is 2. The number of aliphatic hydroxyl groups excluding tert-OH is 2. The third kappa shape index (κ3) is 10.2. The molecule has 176 valence electrons. The van der Waals surface area contributed by atoms with Crippen LogP contribution in [0.15, 0.2) is 66.9 Å². The Morgan fingerprint density at radius 3 is 2.09 bits per heavy atom. The summed E-state index contributed by atoms with van der Waals surface area (Å²) in [6.45, 7) is 9.26. The normalized spacial score (nSPS) is 10.3. The highest BCUT2D eigenvalue weighted by Gasteiger charge is 2.09. The van der Waals surface area contributed by atoms with Crippen LogP contribution in [0.4, 0.5) is 0 Å². The number of hydrogen-bond acceptors (Lipinski definition) is 5. The van der Waals surface area contributed by atoms with Crippen molar-refractivity contribution in [1.82, 2.24) is 10.3 Å². The van der Waals surface area contributed by atoms with Crippen molar-refractivity contribution < 1.29 is 14.9 Å². The third-order valence-corrected chi connectivity index (χ3v) is 4.51. The molecule has 3 N–H and O–H groups in total. The van der Waals surface area contributed by atoms with Gasteiger partial charge in [0.2, 0.25) is 5.88 Å². The van der Waals surface area contributed by atoms with E-state index in [4.69, 9.17) is 26.6 Å². The highest BCUT2D eigenvalue weighted by atomic mass is 35.5. The van der Waals surface area contributed by atoms with E-state index in [9.17, 15) is 0 Å². The molecule has 0 saturated heterocycles. The van der Waals surface area contributed by atoms with Gasteiger partial charge in [-0.1, -0.05) is 62.7 Å². The number of pyridine rings is 1. The molecule has 0 aliphatic rings. The number of hydrogen-bond donors (Lipinski definition) is 3. The Morgan fingerprint density at radius 2 is 1.53 bits per heavy atom. The lowest BCUT2D eigenvalue weighted by Crippen LogP contribution is -2.17. The summed E-state index contributed by atoms with van der Waals surface area (Å²) < 4.78 is 5.95. The predicted octanol–water partition coefficient (Wildman–Crippen LogP) is 6.03. The zero-order chi connectivity index (χ0) is 24.4. The largest absolute Gasteiger partial charge is 0.439 e. The fourth-order valence-corrected chi connectivity index (χ4v) is 2.96. The first-order valence-electron chi connectivity index (χ1n) is 10.7. The van der Waals surface area contributed by atoms with Gasteiger partial charge in [-0.25, -0.2) is 4.98 Å². The van der Waals surface area contributed by atoms with Gasteiger partial charge in [0.25, 0.3) is 0 Å². The maximum absolute atomic E-state index is 7.00. The van der Waals surface area contributed by atoms with Gasteiger partial charge in [-0.2, -0.15) is 0 Å². The van der Waals surface area contributed by atoms with E-state index in [1.54, 1.807) is 6.20 Å². The van der Waals surface area contributed by atoms with Crippen LogP contribution in [0.5, 0.6) is 11.6 Å². The lowest BCUT2D eigenvalue weighted by molar-refractivity contribution is 0.399. The van der Waals surface area contributed by atoms with Crippen molar-refractivity contribution in [3.05, 3.63) is 88.6 Å². The minimum absolute atomic E-state index is 0.358. The van der Waals surface area contributed by atoms with Crippen LogP contribution in [-0.2, 0) is 6.42 Å². The van der Waals surface area contributed by atoms with Gasteiger partial charge in [0, 0.05) is 43.5 Å². The van der Waals surface area contributed by atoms with Crippen LogP contribution in [0.2, 0.25) is 5.02 Å². The summed E-state index contributed by atoms with van der Waals surface area (Å²) >= 11 is 5.93. The molecule has 2 aromatic carbocycles. The first kappa shape index (κ1) is 29.6. The molecule has 1 heterocycles. The Morgan fingerprint density at radius 1 is 0.938 bits per heavy atom. The molecule has 5 nitrogen and oxygen atoms in total. The lowest BCUT2D eigenvalue weighted by Gasteiger charge is -2.14. The topological polar surface area (TPSA) is 74.6 Å². The number of ether oxygens (including phenoxy) is 1. The highest BCUT2D eigenvalue weighted by Crippen LogP contribution is 2.26. The van der Waals surface area contributed by atoms with Crippen LogP contribution in [0.1, 0.15) is 50.4 Å². The van der Waals surface area contributed by atoms with E-state index in [0.29, 0.717) is 16.9 Å². The van der Waals surface area contributed by atoms with E-state index in [0.717, 1.165) is 38.5 Å². The summed E-state index contributed by atoms with van der Waals surface area (Å²) in [5, 5.41) is 18.1. The van der Waals surface area contributed by atoms with Crippen LogP contribution < -0.4 is 10.1 Å². The molecule has 0 bridgehead atoms. The van der Waals surface area contributed by atoms with Gasteiger partial charge in [-0.05, 0) is 54.9 Å². The smallest absolute Gasteiger partial charge is 0.222 e. The van der Waals surface area contributed by atoms with E-state index >= 15 is 0 Å². The number of nitrogens with one attached hydrogen (secondary N) is 1. The highest BCUT2D eigenvalue weighted by molar-refractivity contribution is 6.30. The second-order valence-electron chi connectivity index (χ2n) is 6.22. The van der Waals surface area contributed by atoms with Crippen molar-refractivity contribution in [1.29, 1.82) is 0 Å². The minimum atomic E-state index is 0.358. The van der Waals surface area contributed by atoms with E-state index in [1.165, 1.54) is 11.1 Å². The molecule has 0 radical (unpaired) electrons. The standard InChI is InChI=1S/C22H23ClN2O.C2H6.2CH4O/c1-3-24-16(2)18-8-6-17(7-9-18)15-19-5-4-14-25-22(19)26-21-12-10-20(23)11-13-21;3*1-2/h4-14,16,24H,3,15H2,1-2H3;1-2H3;2*2H,1H3/t16-;;;/m0.../s1. The molecule has 6 heteroatoms. The Bertz CT molecular complexity index is 840. The van der Waals surface area contributed by atoms with Gasteiger partial charge >= 0.3 is 0 Å². The summed E-state index contributed by atoms with van der Waals surface area (Å²) in [5.41, 5.74) is 3.57. The second-order valence-corrected chi connectivity index (χ2v) is 6.66. The van der Waals surface area contributed by atoms with Crippen LogP contribution in [0.3, 0.4) is 0 Å². The maximum atomic E-state index is 7.00. The van der Waals surface area contributed by atoms with Crippen molar-refractivity contribution in [2.24, 2.45) is 0 Å². The summed E-state index contributed by atoms with van der Waals surface area (Å²) in [7, 11) is 2.00. The summed E-state index contributed by atoms with van der Waals surface area (Å²) in [5.74, 6) is 1.35. The number of halogens is 1. The quantitative estimate of drug-likeness (QED) is 0.401. The molecule has 32 heavy (non-hydrogen) atoms. The van der Waals surface area contributed by atoms with Crippen LogP contribution in [0.25, 0.3) is 0 Å². The molecule has 1 aromatic heterocycles. The average Bonchev–Trinajstić information content (AvgIpc) is 2.86. The van der Waals surface area contributed by atoms with Gasteiger partial charge in [0.1, 0.15) is 5.75 Å². The molecule has 0 saturated carbocycles. The van der Waals surface area contributed by atoms with Gasteiger partial charge in [0.15, 0.2) is 0 Å². The molecule has 3 rings (SSSR count). The number of benzene rings is 2. The zero-order valence-electron chi connectivity index (χ0n) is 20.0. The van der Waals surface area contributed by atoms with Gasteiger partial charge in [-0.15, -0.1) is 0 Å². The Hall–Kier alpha value is -2.44. The van der Waals surface area contributed by atoms with E-state index in [1.807, 2.05) is 50.2 Å². The monoisotopic (exact) mass is 460 g/mol. The molecule has 1 atom stereocenters. The van der Waals surface area contributed by atoms with Gasteiger partial charge < -0.3 is 20.3 Å². The summed E-state index contributed by atoms with van der Waals surface area (Å²) in [6.07, 6.45) is 2.52. The van der Waals surface area contributed by atoms with E-state index in [-0.39, 0.29) is 0 Å². The summed E-state index contributed by atoms with van der Waals surface area (Å²) in [6, 6.07) is 20.3. The fourth-order valence-electron chi connectivity index (χ4n) is 2.83. The van der Waals surface area contributed by atoms with E-state index in [2.05, 4.69) is 48.4 Å². The molecular formula is C26H37ClN2O3. The SMILES string of the molecule is CC.CCN[C@@H](C)c1ccc(Cc2cccnc2Oc2ccc(Cl)cc2)cc1.CO.CO. The molecule has 0 spiro atoms. The molecule has 0 aliphatic heterocycles. The number of rotatable bonds is 7. The minimum Gasteiger partial charge on any atom is -0.439 e. The average molecular weight is 461 g/mol. The third-order valence-electron chi connectivity index (χ3n) is 4.26. The van der Waals surface area contributed by atoms with Crippen LogP contribution in [-0.4, -0.2) is 36.0 Å². The van der Waals surface area contributed by atoms with Crippen molar-refractivity contribution >= 4 is 11.6 Å². The number of nitrogens with zero attached hydrogens (tertiary/aromatic N) is 1. The fraction of sp³-hybridized carbons (Fsp3) is 0.346. The van der Waals surface area contributed by atoms with Crippen molar-refractivity contribution in [3.63, 3.8) is 0 Å². The van der Waals surface area contributed by atoms with Gasteiger partial charge in [-0.3, -0.25) is 0 Å². The maximum Gasteiger partial charge on any atom is 0.222 e. The first-order valence-corrected chi connectivity index (χ1v) is 11.1. The molecule has 0 fully saturated rings. The molecule has 0 unspecified atom stereocenters. The Kier molecular flexibility index (Phi) is 16.8. The lowest BCUT2D eigenvalue weighted by atomic mass is 10.0. The van der Waals surface area contributed by atoms with Crippen molar-refractivity contribution in [2.75, 3.05) is 20.8 Å². The van der Waals surface area contributed by atoms with Crippen molar-refractivity contribution in [3.8, 4) is 11.6 Å². The van der Waals surface area contributed by atoms with Gasteiger partial charge in [0.05, 0.1) is 0 Å². The second kappa shape index (κ2) is 18.2. The predicted molar refractivity (Wildman–Crippen MR) is 135 cm³/mol. The Balaban J connectivity index is 0.00000148. The van der Waals surface area contributed by atoms with E-state index < -0.39 is 0 Å². The first-order chi connectivity index (χ1) is 15.7. The molecule has 3 aromatic rings. The van der Waals surface area contributed by atoms with Crippen LogP contribution >= 0.6 is 11.6 Å². The zero-order valence-corrected chi connectivity index (χ0v) is 20.7. The molecule has 0 aliphatic carbocycles. The number of aromatic nitrogens is 1.